The van der Waals surface area contributed by atoms with Gasteiger partial charge in [-0.2, -0.15) is 8.42 Å². The summed E-state index contributed by atoms with van der Waals surface area (Å²) in [4.78, 5) is 0. The number of aliphatic hydroxyl groups excluding tert-OH is 9. The summed E-state index contributed by atoms with van der Waals surface area (Å²) < 4.78 is 61.4. The minimum absolute atomic E-state index is 0.849. The van der Waals surface area contributed by atoms with Crippen LogP contribution in [0.4, 0.5) is 0 Å². The molecule has 0 unspecified atom stereocenters. The predicted octanol–water partition coefficient (Wildman–Crippen LogP) is -6.72. The Hall–Kier alpha value is -0.690. The average molecular weight is 569 g/mol. The van der Waals surface area contributed by atoms with Crippen LogP contribution in [0.25, 0.3) is 0 Å². The lowest BCUT2D eigenvalue weighted by molar-refractivity contribution is -0.382. The fourth-order valence-corrected chi connectivity index (χ4v) is 4.44. The molecule has 3 fully saturated rings. The van der Waals surface area contributed by atoms with Crippen molar-refractivity contribution in [3.05, 3.63) is 0 Å². The number of hydrogen-bond donors (Lipinski definition) is 10. The van der Waals surface area contributed by atoms with Crippen LogP contribution in [0.5, 0.6) is 0 Å². The highest BCUT2D eigenvalue weighted by atomic mass is 32.3. The normalized spacial score (nSPS) is 49.6. The molecule has 15 atom stereocenters. The molecule has 37 heavy (non-hydrogen) atoms. The van der Waals surface area contributed by atoms with Crippen molar-refractivity contribution in [2.45, 2.75) is 99.0 Å². The van der Waals surface area contributed by atoms with E-state index in [0.29, 0.717) is 0 Å². The van der Waals surface area contributed by atoms with Gasteiger partial charge in [-0.15, -0.1) is 0 Å². The van der Waals surface area contributed by atoms with Gasteiger partial charge in [0, 0.05) is 0 Å². The number of rotatable bonds is 8. The van der Waals surface area contributed by atoms with Crippen LogP contribution in [0, 0.1) is 0 Å². The molecule has 3 saturated heterocycles. The fraction of sp³-hybridized carbons (Fsp3) is 1.00. The van der Waals surface area contributed by atoms with Crippen LogP contribution >= 0.6 is 0 Å². The lowest BCUT2D eigenvalue weighted by atomic mass is 9.96. The quantitative estimate of drug-likeness (QED) is 0.122. The van der Waals surface area contributed by atoms with Crippen molar-refractivity contribution in [3.8, 4) is 0 Å². The summed E-state index contributed by atoms with van der Waals surface area (Å²) in [5.41, 5.74) is 0. The summed E-state index contributed by atoms with van der Waals surface area (Å²) in [7, 11) is -4.98. The summed E-state index contributed by atoms with van der Waals surface area (Å²) >= 11 is 0. The molecule has 19 heteroatoms. The van der Waals surface area contributed by atoms with Crippen LogP contribution in [0.1, 0.15) is 6.92 Å². The Balaban J connectivity index is 1.83. The largest absolute Gasteiger partial charge is 0.397 e. The maximum atomic E-state index is 10.9. The third-order valence-electron chi connectivity index (χ3n) is 6.25. The van der Waals surface area contributed by atoms with Crippen LogP contribution in [-0.4, -0.2) is 164 Å². The van der Waals surface area contributed by atoms with Crippen molar-refractivity contribution < 1.29 is 86.8 Å². The Kier molecular flexibility index (Phi) is 10.2. The smallest absolute Gasteiger partial charge is 0.394 e. The van der Waals surface area contributed by atoms with Gasteiger partial charge in [-0.25, -0.2) is 4.18 Å². The van der Waals surface area contributed by atoms with Gasteiger partial charge in [0.05, 0.1) is 19.3 Å². The molecule has 0 aliphatic carbocycles. The van der Waals surface area contributed by atoms with Gasteiger partial charge in [0.15, 0.2) is 18.9 Å². The van der Waals surface area contributed by atoms with Crippen LogP contribution in [0.3, 0.4) is 0 Å². The highest BCUT2D eigenvalue weighted by molar-refractivity contribution is 7.80. The van der Waals surface area contributed by atoms with Crippen molar-refractivity contribution in [2.75, 3.05) is 13.2 Å². The van der Waals surface area contributed by atoms with Gasteiger partial charge in [-0.05, 0) is 6.92 Å². The van der Waals surface area contributed by atoms with Gasteiger partial charge in [0.2, 0.25) is 0 Å². The van der Waals surface area contributed by atoms with E-state index in [-0.39, 0.29) is 0 Å². The van der Waals surface area contributed by atoms with E-state index in [9.17, 15) is 54.4 Å². The van der Waals surface area contributed by atoms with Crippen LogP contribution in [-0.2, 0) is 38.3 Å². The van der Waals surface area contributed by atoms with E-state index < -0.39 is 116 Å². The van der Waals surface area contributed by atoms with Gasteiger partial charge in [0.25, 0.3) is 0 Å². The third-order valence-corrected chi connectivity index (χ3v) is 6.69. The van der Waals surface area contributed by atoms with Gasteiger partial charge in [-0.1, -0.05) is 0 Å². The monoisotopic (exact) mass is 568 g/mol. The highest BCUT2D eigenvalue weighted by Crippen LogP contribution is 2.32. The standard InChI is InChI=1S/C18H32O18S/c1-4-7(20)9(22)11(24)17(32-4)35-14-5(2-19)33-16(27)13(26)15(14)36-18-12(25)10(23)8(21)6(34-18)3-31-37(28,29)30/h4-27H,2-3H2,1H3,(H,28,29,30)/t4-,5+,6+,7+,8-,9+,10-,11-,12+,13+,14+,15+,16+,17-,18-/m0/s1. The number of aliphatic hydroxyl groups is 9. The molecule has 0 bridgehead atoms. The zero-order chi connectivity index (χ0) is 27.8. The lowest BCUT2D eigenvalue weighted by Gasteiger charge is -2.48. The fourth-order valence-electron chi connectivity index (χ4n) is 4.13. The topological polar surface area (TPSA) is 292 Å². The molecular formula is C18H32O18S. The SMILES string of the molecule is C[C@@H]1O[C@@H](O[C@H]2[C@H](O[C@@H]3O[C@H](COS(=O)(=O)O)[C@H](O)[C@H](O)[C@H]3O)[C@@H](O)[C@H](O)O[C@@H]2CO)[C@@H](O)[C@H](O)[C@@H]1O. The molecule has 218 valence electrons. The third kappa shape index (κ3) is 6.91. The van der Waals surface area contributed by atoms with Crippen molar-refractivity contribution in [1.29, 1.82) is 0 Å². The average Bonchev–Trinajstić information content (AvgIpc) is 2.83. The van der Waals surface area contributed by atoms with E-state index in [1.807, 2.05) is 0 Å². The first-order valence-corrected chi connectivity index (χ1v) is 12.5. The summed E-state index contributed by atoms with van der Waals surface area (Å²) in [6.07, 6.45) is -26.2. The second-order valence-electron chi connectivity index (χ2n) is 8.85. The van der Waals surface area contributed by atoms with Gasteiger partial charge in [-0.3, -0.25) is 4.55 Å². The lowest BCUT2D eigenvalue weighted by Crippen LogP contribution is -2.66. The van der Waals surface area contributed by atoms with Gasteiger partial charge < -0.3 is 69.6 Å². The van der Waals surface area contributed by atoms with Gasteiger partial charge in [0.1, 0.15) is 67.1 Å². The van der Waals surface area contributed by atoms with Crippen LogP contribution in [0.2, 0.25) is 0 Å². The molecule has 0 saturated carbocycles. The zero-order valence-electron chi connectivity index (χ0n) is 19.2. The maximum absolute atomic E-state index is 10.9. The van der Waals surface area contributed by atoms with Crippen molar-refractivity contribution in [2.24, 2.45) is 0 Å². The highest BCUT2D eigenvalue weighted by Gasteiger charge is 2.53. The van der Waals surface area contributed by atoms with E-state index in [2.05, 4.69) is 4.18 Å². The predicted molar refractivity (Wildman–Crippen MR) is 110 cm³/mol. The molecule has 0 amide bonds. The van der Waals surface area contributed by atoms with E-state index in [1.165, 1.54) is 6.92 Å². The van der Waals surface area contributed by atoms with Crippen LogP contribution < -0.4 is 0 Å². The summed E-state index contributed by atoms with van der Waals surface area (Å²) in [5.74, 6) is 0. The van der Waals surface area contributed by atoms with Crippen molar-refractivity contribution in [3.63, 3.8) is 0 Å². The van der Waals surface area contributed by atoms with Crippen molar-refractivity contribution in [1.82, 2.24) is 0 Å². The molecular weight excluding hydrogens is 536 g/mol. The maximum Gasteiger partial charge on any atom is 0.397 e. The van der Waals surface area contributed by atoms with E-state index in [0.717, 1.165) is 0 Å². The van der Waals surface area contributed by atoms with Crippen molar-refractivity contribution >= 4 is 10.4 Å². The minimum Gasteiger partial charge on any atom is -0.394 e. The Morgan fingerprint density at radius 1 is 0.676 bits per heavy atom. The molecule has 0 aromatic rings. The summed E-state index contributed by atoms with van der Waals surface area (Å²) in [5, 5.41) is 91.1. The molecule has 3 aliphatic heterocycles. The molecule has 0 aromatic carbocycles. The number of ether oxygens (including phenoxy) is 5. The molecule has 3 heterocycles. The first-order chi connectivity index (χ1) is 17.2. The van der Waals surface area contributed by atoms with E-state index in [1.54, 1.807) is 0 Å². The second-order valence-corrected chi connectivity index (χ2v) is 9.94. The number of hydrogen-bond acceptors (Lipinski definition) is 17. The Morgan fingerprint density at radius 3 is 1.78 bits per heavy atom. The second kappa shape index (κ2) is 12.2. The Bertz CT molecular complexity index is 845. The summed E-state index contributed by atoms with van der Waals surface area (Å²) in [6, 6.07) is 0. The zero-order valence-corrected chi connectivity index (χ0v) is 20.0. The Labute approximate surface area is 210 Å². The molecule has 0 spiro atoms. The first kappa shape index (κ1) is 30.8. The van der Waals surface area contributed by atoms with E-state index >= 15 is 0 Å². The first-order valence-electron chi connectivity index (χ1n) is 11.1. The molecule has 18 nitrogen and oxygen atoms in total. The molecule has 10 N–H and O–H groups in total. The molecule has 3 aliphatic rings. The Morgan fingerprint density at radius 2 is 1.22 bits per heavy atom. The van der Waals surface area contributed by atoms with Gasteiger partial charge >= 0.3 is 10.4 Å². The van der Waals surface area contributed by atoms with Crippen LogP contribution in [0.15, 0.2) is 0 Å². The molecule has 0 aromatic heterocycles. The molecule has 3 rings (SSSR count). The van der Waals surface area contributed by atoms with E-state index in [4.69, 9.17) is 28.2 Å². The summed E-state index contributed by atoms with van der Waals surface area (Å²) in [6.45, 7) is -0.516. The minimum atomic E-state index is -4.98. The molecule has 0 radical (unpaired) electrons.